The molecule has 0 unspecified atom stereocenters. The summed E-state index contributed by atoms with van der Waals surface area (Å²) < 4.78 is 0. The van der Waals surface area contributed by atoms with Crippen molar-refractivity contribution in [2.45, 2.75) is 6.04 Å². The molecule has 0 radical (unpaired) electrons. The van der Waals surface area contributed by atoms with Crippen LogP contribution in [0.15, 0.2) is 18.3 Å². The molecule has 0 N–H and O–H groups in total. The van der Waals surface area contributed by atoms with Crippen molar-refractivity contribution in [3.63, 3.8) is 0 Å². The number of likely N-dealkylation sites (tertiary alicyclic amines) is 1. The first-order valence-corrected chi connectivity index (χ1v) is 6.91. The van der Waals surface area contributed by atoms with Crippen molar-refractivity contribution in [1.29, 1.82) is 0 Å². The number of hydrogen-bond acceptors (Lipinski definition) is 6. The van der Waals surface area contributed by atoms with Gasteiger partial charge in [-0.25, -0.2) is 0 Å². The Balaban J connectivity index is 1.56. The van der Waals surface area contributed by atoms with Crippen LogP contribution in [-0.2, 0) is 0 Å². The second-order valence-corrected chi connectivity index (χ2v) is 5.53. The molecule has 0 saturated carbocycles. The molecule has 0 bridgehead atoms. The summed E-state index contributed by atoms with van der Waals surface area (Å²) in [6.07, 6.45) is 1.60. The number of aromatic nitrogens is 1. The smallest absolute Gasteiger partial charge is 0.363 e. The highest BCUT2D eigenvalue weighted by Gasteiger charge is 2.31. The molecule has 0 aromatic carbocycles. The maximum absolute atomic E-state index is 10.6. The third-order valence-electron chi connectivity index (χ3n) is 4.16. The van der Waals surface area contributed by atoms with Gasteiger partial charge < -0.3 is 19.9 Å². The molecule has 0 atom stereocenters. The average molecular weight is 277 g/mol. The lowest BCUT2D eigenvalue weighted by atomic mass is 10.1. The first-order valence-electron chi connectivity index (χ1n) is 6.91. The van der Waals surface area contributed by atoms with Crippen molar-refractivity contribution >= 4 is 11.5 Å². The van der Waals surface area contributed by atoms with E-state index < -0.39 is 4.92 Å². The van der Waals surface area contributed by atoms with Crippen molar-refractivity contribution in [1.82, 2.24) is 14.8 Å². The molecule has 0 amide bonds. The van der Waals surface area contributed by atoms with E-state index >= 15 is 0 Å². The lowest BCUT2D eigenvalue weighted by molar-refractivity contribution is -0.389. The minimum atomic E-state index is -0.463. The predicted octanol–water partition coefficient (Wildman–Crippen LogP) is 0.426. The van der Waals surface area contributed by atoms with E-state index in [2.05, 4.69) is 26.7 Å². The van der Waals surface area contributed by atoms with Crippen LogP contribution in [0.3, 0.4) is 0 Å². The average Bonchev–Trinajstić information content (AvgIpc) is 2.44. The largest absolute Gasteiger partial charge is 0.366 e. The number of anilines is 1. The first kappa shape index (κ1) is 13.3. The summed E-state index contributed by atoms with van der Waals surface area (Å²) in [5, 5.41) is 10.6. The SMILES string of the molecule is CN1CC(N2CCN(c3ccc([N+](=O)[O-])nc3)CC2)C1. The Bertz CT molecular complexity index is 478. The van der Waals surface area contributed by atoms with Crippen LogP contribution in [0.1, 0.15) is 0 Å². The minimum Gasteiger partial charge on any atom is -0.366 e. The Labute approximate surface area is 117 Å². The van der Waals surface area contributed by atoms with Gasteiger partial charge in [-0.1, -0.05) is 0 Å². The number of rotatable bonds is 3. The van der Waals surface area contributed by atoms with E-state index in [-0.39, 0.29) is 5.82 Å². The number of nitrogens with zero attached hydrogens (tertiary/aromatic N) is 5. The number of pyridine rings is 1. The van der Waals surface area contributed by atoms with Gasteiger partial charge in [0.05, 0.1) is 5.69 Å². The molecule has 3 rings (SSSR count). The van der Waals surface area contributed by atoms with Gasteiger partial charge in [0.25, 0.3) is 0 Å². The topological polar surface area (TPSA) is 65.8 Å². The monoisotopic (exact) mass is 277 g/mol. The summed E-state index contributed by atoms with van der Waals surface area (Å²) in [6.45, 7) is 6.35. The zero-order valence-corrected chi connectivity index (χ0v) is 11.6. The zero-order valence-electron chi connectivity index (χ0n) is 11.6. The molecule has 108 valence electrons. The van der Waals surface area contributed by atoms with E-state index in [1.165, 1.54) is 19.2 Å². The minimum absolute atomic E-state index is 0.0927. The highest BCUT2D eigenvalue weighted by Crippen LogP contribution is 2.20. The van der Waals surface area contributed by atoms with E-state index in [4.69, 9.17) is 0 Å². The van der Waals surface area contributed by atoms with Gasteiger partial charge in [-0.2, -0.15) is 0 Å². The molecule has 0 aliphatic carbocycles. The van der Waals surface area contributed by atoms with E-state index in [1.54, 1.807) is 12.3 Å². The summed E-state index contributed by atoms with van der Waals surface area (Å²) in [5.74, 6) is -0.0927. The standard InChI is InChI=1S/C13H19N5O2/c1-15-9-12(10-15)17-6-4-16(5-7-17)11-2-3-13(14-8-11)18(19)20/h2-3,8,12H,4-7,9-10H2,1H3. The quantitative estimate of drug-likeness (QED) is 0.589. The molecule has 2 aliphatic heterocycles. The fourth-order valence-electron chi connectivity index (χ4n) is 2.92. The Morgan fingerprint density at radius 3 is 2.45 bits per heavy atom. The van der Waals surface area contributed by atoms with Crippen LogP contribution >= 0.6 is 0 Å². The lowest BCUT2D eigenvalue weighted by Gasteiger charge is -2.47. The van der Waals surface area contributed by atoms with Gasteiger partial charge in [-0.05, 0) is 23.0 Å². The third kappa shape index (κ3) is 2.59. The van der Waals surface area contributed by atoms with Crippen molar-refractivity contribution in [3.8, 4) is 0 Å². The number of nitro groups is 1. The number of piperazine rings is 1. The van der Waals surface area contributed by atoms with Crippen LogP contribution in [0.25, 0.3) is 0 Å². The molecule has 7 nitrogen and oxygen atoms in total. The Morgan fingerprint density at radius 1 is 1.25 bits per heavy atom. The maximum atomic E-state index is 10.6. The maximum Gasteiger partial charge on any atom is 0.363 e. The summed E-state index contributed by atoms with van der Waals surface area (Å²) in [7, 11) is 2.15. The molecule has 2 fully saturated rings. The zero-order chi connectivity index (χ0) is 14.1. The van der Waals surface area contributed by atoms with Crippen molar-refractivity contribution in [2.24, 2.45) is 0 Å². The van der Waals surface area contributed by atoms with Gasteiger partial charge in [0, 0.05) is 51.4 Å². The first-order chi connectivity index (χ1) is 9.63. The molecule has 20 heavy (non-hydrogen) atoms. The van der Waals surface area contributed by atoms with E-state index in [1.807, 2.05) is 0 Å². The van der Waals surface area contributed by atoms with Crippen LogP contribution < -0.4 is 4.90 Å². The van der Waals surface area contributed by atoms with E-state index in [0.717, 1.165) is 31.9 Å². The van der Waals surface area contributed by atoms with Gasteiger partial charge in [0.1, 0.15) is 0 Å². The van der Waals surface area contributed by atoms with Crippen LogP contribution in [-0.4, -0.2) is 72.1 Å². The van der Waals surface area contributed by atoms with Crippen LogP contribution in [0.5, 0.6) is 0 Å². The van der Waals surface area contributed by atoms with Crippen molar-refractivity contribution in [2.75, 3.05) is 51.2 Å². The lowest BCUT2D eigenvalue weighted by Crippen LogP contribution is -2.61. The highest BCUT2D eigenvalue weighted by molar-refractivity contribution is 5.46. The molecular weight excluding hydrogens is 258 g/mol. The Morgan fingerprint density at radius 2 is 1.95 bits per heavy atom. The fourth-order valence-corrected chi connectivity index (χ4v) is 2.92. The summed E-state index contributed by atoms with van der Waals surface area (Å²) in [6, 6.07) is 3.97. The number of hydrogen-bond donors (Lipinski definition) is 0. The molecule has 1 aromatic heterocycles. The molecule has 0 spiro atoms. The molecular formula is C13H19N5O2. The molecule has 1 aromatic rings. The van der Waals surface area contributed by atoms with Gasteiger partial charge in [-0.15, -0.1) is 0 Å². The third-order valence-corrected chi connectivity index (χ3v) is 4.16. The Hall–Kier alpha value is -1.73. The van der Waals surface area contributed by atoms with Gasteiger partial charge >= 0.3 is 5.82 Å². The van der Waals surface area contributed by atoms with E-state index in [0.29, 0.717) is 6.04 Å². The Kier molecular flexibility index (Phi) is 3.54. The molecule has 2 aliphatic rings. The van der Waals surface area contributed by atoms with Crippen LogP contribution in [0.2, 0.25) is 0 Å². The van der Waals surface area contributed by atoms with E-state index in [9.17, 15) is 10.1 Å². The molecule has 7 heteroatoms. The fraction of sp³-hybridized carbons (Fsp3) is 0.615. The van der Waals surface area contributed by atoms with Crippen LogP contribution in [0, 0.1) is 10.1 Å². The molecule has 3 heterocycles. The summed E-state index contributed by atoms with van der Waals surface area (Å²) >= 11 is 0. The van der Waals surface area contributed by atoms with Gasteiger partial charge in [-0.3, -0.25) is 4.90 Å². The predicted molar refractivity (Wildman–Crippen MR) is 76.0 cm³/mol. The summed E-state index contributed by atoms with van der Waals surface area (Å²) in [4.78, 5) is 21.1. The number of likely N-dealkylation sites (N-methyl/N-ethyl adjacent to an activating group) is 1. The molecule has 2 saturated heterocycles. The van der Waals surface area contributed by atoms with Crippen molar-refractivity contribution in [3.05, 3.63) is 28.4 Å². The highest BCUT2D eigenvalue weighted by atomic mass is 16.6. The van der Waals surface area contributed by atoms with Crippen molar-refractivity contribution < 1.29 is 4.92 Å². The second kappa shape index (κ2) is 5.34. The van der Waals surface area contributed by atoms with Gasteiger partial charge in [0.2, 0.25) is 0 Å². The second-order valence-electron chi connectivity index (χ2n) is 5.53. The summed E-state index contributed by atoms with van der Waals surface area (Å²) in [5.41, 5.74) is 0.973. The van der Waals surface area contributed by atoms with Crippen LogP contribution in [0.4, 0.5) is 11.5 Å². The normalized spacial score (nSPS) is 21.8. The van der Waals surface area contributed by atoms with Gasteiger partial charge in [0.15, 0.2) is 6.20 Å².